The van der Waals surface area contributed by atoms with E-state index in [0.717, 1.165) is 4.88 Å². The zero-order valence-corrected chi connectivity index (χ0v) is 9.87. The number of nitrogens with one attached hydrogen (secondary N) is 1. The van der Waals surface area contributed by atoms with Gasteiger partial charge in [-0.05, 0) is 30.2 Å². The topological polar surface area (TPSA) is 68.0 Å². The lowest BCUT2D eigenvalue weighted by atomic mass is 10.4. The van der Waals surface area contributed by atoms with Crippen LogP contribution in [0.3, 0.4) is 0 Å². The third-order valence-corrected chi connectivity index (χ3v) is 3.48. The fourth-order valence-electron chi connectivity index (χ4n) is 1.46. The Morgan fingerprint density at radius 1 is 1.59 bits per heavy atom. The molecule has 0 atom stereocenters. The third kappa shape index (κ3) is 2.36. The summed E-state index contributed by atoms with van der Waals surface area (Å²) in [4.78, 5) is 16.6. The van der Waals surface area contributed by atoms with Crippen LogP contribution in [0.5, 0.6) is 0 Å². The Labute approximate surface area is 102 Å². The molecular formula is C11H11N3O2S. The summed E-state index contributed by atoms with van der Waals surface area (Å²) >= 11 is 1.51. The van der Waals surface area contributed by atoms with Crippen molar-refractivity contribution in [3.8, 4) is 10.7 Å². The highest BCUT2D eigenvalue weighted by Crippen LogP contribution is 2.27. The van der Waals surface area contributed by atoms with Crippen LogP contribution in [0.4, 0.5) is 0 Å². The van der Waals surface area contributed by atoms with E-state index in [9.17, 15) is 4.79 Å². The molecule has 0 spiro atoms. The Kier molecular flexibility index (Phi) is 2.64. The van der Waals surface area contributed by atoms with E-state index < -0.39 is 0 Å². The molecule has 2 aromatic rings. The number of hydrogen-bond donors (Lipinski definition) is 1. The first-order valence-corrected chi connectivity index (χ1v) is 6.36. The van der Waals surface area contributed by atoms with Crippen LogP contribution >= 0.6 is 11.3 Å². The fourth-order valence-corrected chi connectivity index (χ4v) is 2.11. The fraction of sp³-hybridized carbons (Fsp3) is 0.364. The summed E-state index contributed by atoms with van der Waals surface area (Å²) < 4.78 is 4.94. The molecule has 2 heterocycles. The zero-order chi connectivity index (χ0) is 11.7. The second-order valence-corrected chi connectivity index (χ2v) is 5.00. The quantitative estimate of drug-likeness (QED) is 0.899. The predicted molar refractivity (Wildman–Crippen MR) is 62.7 cm³/mol. The summed E-state index contributed by atoms with van der Waals surface area (Å²) in [5, 5.41) is 8.50. The maximum Gasteiger partial charge on any atom is 0.316 e. The Hall–Kier alpha value is -1.69. The summed E-state index contributed by atoms with van der Waals surface area (Å²) in [7, 11) is 0. The van der Waals surface area contributed by atoms with E-state index in [1.165, 1.54) is 24.2 Å². The van der Waals surface area contributed by atoms with E-state index >= 15 is 0 Å². The first kappa shape index (κ1) is 10.5. The molecule has 0 radical (unpaired) electrons. The molecule has 0 aromatic carbocycles. The zero-order valence-electron chi connectivity index (χ0n) is 9.05. The number of carbonyl (C=O) groups is 1. The van der Waals surface area contributed by atoms with Gasteiger partial charge in [0, 0.05) is 6.54 Å². The van der Waals surface area contributed by atoms with Crippen molar-refractivity contribution < 1.29 is 9.32 Å². The van der Waals surface area contributed by atoms with Crippen molar-refractivity contribution in [2.24, 2.45) is 5.92 Å². The molecule has 1 amide bonds. The average molecular weight is 249 g/mol. The van der Waals surface area contributed by atoms with Crippen molar-refractivity contribution in [1.82, 2.24) is 15.5 Å². The molecule has 0 unspecified atom stereocenters. The van der Waals surface area contributed by atoms with E-state index in [4.69, 9.17) is 4.52 Å². The van der Waals surface area contributed by atoms with Crippen LogP contribution < -0.4 is 5.32 Å². The molecule has 1 fully saturated rings. The van der Waals surface area contributed by atoms with E-state index in [-0.39, 0.29) is 11.8 Å². The van der Waals surface area contributed by atoms with Crippen LogP contribution in [0.1, 0.15) is 23.5 Å². The summed E-state index contributed by atoms with van der Waals surface area (Å²) in [6.45, 7) is 0.704. The van der Waals surface area contributed by atoms with Crippen molar-refractivity contribution >= 4 is 17.2 Å². The van der Waals surface area contributed by atoms with E-state index in [1.54, 1.807) is 0 Å². The molecule has 0 bridgehead atoms. The molecule has 0 saturated heterocycles. The van der Waals surface area contributed by atoms with Gasteiger partial charge in [-0.3, -0.25) is 4.79 Å². The molecule has 0 aliphatic heterocycles. The number of carbonyl (C=O) groups excluding carboxylic acids is 1. The molecule has 1 N–H and O–H groups in total. The van der Waals surface area contributed by atoms with Crippen LogP contribution in [0.25, 0.3) is 10.7 Å². The van der Waals surface area contributed by atoms with E-state index in [2.05, 4.69) is 15.5 Å². The number of hydrogen-bond acceptors (Lipinski definition) is 5. The van der Waals surface area contributed by atoms with Gasteiger partial charge in [0.1, 0.15) is 0 Å². The number of amides is 1. The van der Waals surface area contributed by atoms with Gasteiger partial charge in [0.05, 0.1) is 4.88 Å². The Morgan fingerprint density at radius 3 is 3.18 bits per heavy atom. The van der Waals surface area contributed by atoms with Crippen molar-refractivity contribution in [1.29, 1.82) is 0 Å². The summed E-state index contributed by atoms with van der Waals surface area (Å²) in [5.41, 5.74) is 0. The number of aromatic nitrogens is 2. The Bertz CT molecular complexity index is 517. The normalized spacial score (nSPS) is 14.8. The lowest BCUT2D eigenvalue weighted by molar-refractivity contribution is 0.0908. The van der Waals surface area contributed by atoms with E-state index in [1.807, 2.05) is 17.5 Å². The molecule has 1 aliphatic carbocycles. The number of nitrogens with zero attached hydrogens (tertiary/aromatic N) is 2. The molecular weight excluding hydrogens is 238 g/mol. The maximum absolute atomic E-state index is 11.7. The third-order valence-electron chi connectivity index (χ3n) is 2.61. The minimum atomic E-state index is -0.285. The largest absolute Gasteiger partial charge is 0.348 e. The van der Waals surface area contributed by atoms with Gasteiger partial charge >= 0.3 is 11.8 Å². The van der Waals surface area contributed by atoms with Gasteiger partial charge in [-0.2, -0.15) is 4.98 Å². The molecule has 2 aromatic heterocycles. The van der Waals surface area contributed by atoms with Crippen LogP contribution in [-0.2, 0) is 0 Å². The van der Waals surface area contributed by atoms with Gasteiger partial charge in [-0.25, -0.2) is 0 Å². The smallest absolute Gasteiger partial charge is 0.316 e. The number of thiophene rings is 1. The minimum absolute atomic E-state index is 0.0362. The Morgan fingerprint density at radius 2 is 2.47 bits per heavy atom. The van der Waals surface area contributed by atoms with Crippen LogP contribution in [0, 0.1) is 5.92 Å². The van der Waals surface area contributed by atoms with E-state index in [0.29, 0.717) is 18.3 Å². The average Bonchev–Trinajstić information content (AvgIpc) is 2.85. The van der Waals surface area contributed by atoms with Crippen molar-refractivity contribution in [3.63, 3.8) is 0 Å². The highest BCUT2D eigenvalue weighted by atomic mass is 32.1. The lowest BCUT2D eigenvalue weighted by Crippen LogP contribution is -2.25. The molecule has 1 saturated carbocycles. The van der Waals surface area contributed by atoms with Crippen molar-refractivity contribution in [2.45, 2.75) is 12.8 Å². The standard InChI is InChI=1S/C11H11N3O2S/c15-10(12-6-7-3-4-7)11-13-9(14-16-11)8-2-1-5-17-8/h1-2,5,7H,3-4,6H2,(H,12,15). The van der Waals surface area contributed by atoms with Crippen molar-refractivity contribution in [2.75, 3.05) is 6.54 Å². The van der Waals surface area contributed by atoms with Gasteiger partial charge in [-0.15, -0.1) is 11.3 Å². The molecule has 17 heavy (non-hydrogen) atoms. The van der Waals surface area contributed by atoms with Gasteiger partial charge < -0.3 is 9.84 Å². The molecule has 5 nitrogen and oxygen atoms in total. The monoisotopic (exact) mass is 249 g/mol. The first-order valence-electron chi connectivity index (χ1n) is 5.49. The molecule has 1 aliphatic rings. The summed E-state index contributed by atoms with van der Waals surface area (Å²) in [6.07, 6.45) is 2.40. The second kappa shape index (κ2) is 4.29. The lowest BCUT2D eigenvalue weighted by Gasteiger charge is -1.97. The number of rotatable bonds is 4. The predicted octanol–water partition coefficient (Wildman–Crippen LogP) is 1.94. The SMILES string of the molecule is O=C(NCC1CC1)c1nc(-c2cccs2)no1. The molecule has 3 rings (SSSR count). The minimum Gasteiger partial charge on any atom is -0.348 e. The first-order chi connectivity index (χ1) is 8.33. The summed E-state index contributed by atoms with van der Waals surface area (Å²) in [5.74, 6) is 0.858. The van der Waals surface area contributed by atoms with Gasteiger partial charge in [0.15, 0.2) is 0 Å². The van der Waals surface area contributed by atoms with Crippen LogP contribution in [0.15, 0.2) is 22.0 Å². The van der Waals surface area contributed by atoms with Crippen LogP contribution in [-0.4, -0.2) is 22.6 Å². The van der Waals surface area contributed by atoms with Gasteiger partial charge in [-0.1, -0.05) is 11.2 Å². The van der Waals surface area contributed by atoms with Gasteiger partial charge in [0.25, 0.3) is 0 Å². The molecule has 88 valence electrons. The summed E-state index contributed by atoms with van der Waals surface area (Å²) in [6, 6.07) is 3.80. The van der Waals surface area contributed by atoms with Crippen molar-refractivity contribution in [3.05, 3.63) is 23.4 Å². The Balaban J connectivity index is 1.68. The maximum atomic E-state index is 11.7. The molecule has 6 heteroatoms. The van der Waals surface area contributed by atoms with Crippen LogP contribution in [0.2, 0.25) is 0 Å². The highest BCUT2D eigenvalue weighted by Gasteiger charge is 2.23. The highest BCUT2D eigenvalue weighted by molar-refractivity contribution is 7.13. The second-order valence-electron chi connectivity index (χ2n) is 4.05. The van der Waals surface area contributed by atoms with Gasteiger partial charge in [0.2, 0.25) is 5.82 Å².